The van der Waals surface area contributed by atoms with Gasteiger partial charge in [-0.1, -0.05) is 129 Å². The van der Waals surface area contributed by atoms with E-state index in [1.807, 2.05) is 0 Å². The number of ether oxygens (including phenoxy) is 1. The molecule has 0 saturated heterocycles. The molecule has 0 rings (SSSR count). The van der Waals surface area contributed by atoms with Crippen molar-refractivity contribution in [3.8, 4) is 0 Å². The van der Waals surface area contributed by atoms with Gasteiger partial charge in [-0.05, 0) is 18.8 Å². The van der Waals surface area contributed by atoms with Gasteiger partial charge in [-0.2, -0.15) is 0 Å². The maximum absolute atomic E-state index is 12.2. The molecule has 0 N–H and O–H groups in total. The molecule has 0 radical (unpaired) electrons. The lowest BCUT2D eigenvalue weighted by atomic mass is 9.95. The van der Waals surface area contributed by atoms with E-state index in [1.165, 1.54) is 103 Å². The maximum Gasteiger partial charge on any atom is 0.305 e. The van der Waals surface area contributed by atoms with Crippen LogP contribution in [0.3, 0.4) is 0 Å². The summed E-state index contributed by atoms with van der Waals surface area (Å²) in [5, 5.41) is 0. The molecule has 3 heteroatoms. The Morgan fingerprint density at radius 2 is 1.00 bits per heavy atom. The number of hydrogen-bond acceptors (Lipinski definition) is 3. The lowest BCUT2D eigenvalue weighted by molar-refractivity contribution is -0.140. The monoisotopic (exact) mass is 452 g/mol. The second kappa shape index (κ2) is 24.8. The minimum absolute atomic E-state index is 0.108. The molecule has 0 saturated carbocycles. The summed E-state index contributed by atoms with van der Waals surface area (Å²) in [5.41, 5.74) is 0. The molecule has 190 valence electrons. The van der Waals surface area contributed by atoms with Crippen LogP contribution in [0.1, 0.15) is 162 Å². The number of carbonyl (C=O) groups is 2. The summed E-state index contributed by atoms with van der Waals surface area (Å²) < 4.78 is 4.65. The quantitative estimate of drug-likeness (QED) is 0.102. The van der Waals surface area contributed by atoms with Gasteiger partial charge in [0.25, 0.3) is 0 Å². The van der Waals surface area contributed by atoms with E-state index in [9.17, 15) is 9.59 Å². The zero-order valence-corrected chi connectivity index (χ0v) is 22.1. The number of ketones is 1. The number of methoxy groups -OCH3 is 1. The predicted molar refractivity (Wildman–Crippen MR) is 138 cm³/mol. The largest absolute Gasteiger partial charge is 0.469 e. The smallest absolute Gasteiger partial charge is 0.305 e. The van der Waals surface area contributed by atoms with Crippen molar-refractivity contribution in [3.05, 3.63) is 0 Å². The van der Waals surface area contributed by atoms with Gasteiger partial charge in [0.2, 0.25) is 0 Å². The molecule has 32 heavy (non-hydrogen) atoms. The minimum Gasteiger partial charge on any atom is -0.469 e. The second-order valence-electron chi connectivity index (χ2n) is 10.1. The van der Waals surface area contributed by atoms with Gasteiger partial charge in [0.1, 0.15) is 5.78 Å². The second-order valence-corrected chi connectivity index (χ2v) is 10.1. The van der Waals surface area contributed by atoms with Crippen molar-refractivity contribution in [2.45, 2.75) is 162 Å². The van der Waals surface area contributed by atoms with Crippen LogP contribution in [-0.2, 0) is 14.3 Å². The van der Waals surface area contributed by atoms with E-state index in [0.29, 0.717) is 18.1 Å². The average Bonchev–Trinajstić information content (AvgIpc) is 2.78. The Kier molecular flexibility index (Phi) is 24.1. The third-order valence-electron chi connectivity index (χ3n) is 6.69. The van der Waals surface area contributed by atoms with Gasteiger partial charge in [-0.3, -0.25) is 9.59 Å². The highest BCUT2D eigenvalue weighted by Crippen LogP contribution is 2.18. The number of Topliss-reactive ketones (excluding diaryl/α,β-unsaturated/α-hetero) is 1. The zero-order chi connectivity index (χ0) is 23.7. The van der Waals surface area contributed by atoms with Crippen molar-refractivity contribution in [2.24, 2.45) is 5.92 Å². The van der Waals surface area contributed by atoms with E-state index in [-0.39, 0.29) is 5.97 Å². The van der Waals surface area contributed by atoms with Crippen LogP contribution in [-0.4, -0.2) is 18.9 Å². The Hall–Kier alpha value is -0.860. The summed E-state index contributed by atoms with van der Waals surface area (Å²) >= 11 is 0. The molecular weight excluding hydrogens is 396 g/mol. The number of carbonyl (C=O) groups excluding carboxylic acids is 2. The molecule has 1 atom stereocenters. The van der Waals surface area contributed by atoms with Crippen LogP contribution in [0, 0.1) is 5.92 Å². The van der Waals surface area contributed by atoms with Gasteiger partial charge in [-0.25, -0.2) is 0 Å². The number of rotatable bonds is 25. The average molecular weight is 453 g/mol. The van der Waals surface area contributed by atoms with Gasteiger partial charge in [0.05, 0.1) is 7.11 Å². The predicted octanol–water partition coefficient (Wildman–Crippen LogP) is 9.36. The SMILES string of the molecule is CCCCCCCCCCCCCCC[C@H](C)CC(=O)CCCCCCCCC(=O)OC. The first-order chi connectivity index (χ1) is 15.6. The third-order valence-corrected chi connectivity index (χ3v) is 6.69. The summed E-state index contributed by atoms with van der Waals surface area (Å²) in [5.74, 6) is 0.898. The van der Waals surface area contributed by atoms with Crippen LogP contribution in [0.4, 0.5) is 0 Å². The Balaban J connectivity index is 3.33. The van der Waals surface area contributed by atoms with Crippen LogP contribution in [0.25, 0.3) is 0 Å². The lowest BCUT2D eigenvalue weighted by Crippen LogP contribution is -2.05. The molecule has 0 aromatic carbocycles. The van der Waals surface area contributed by atoms with Crippen molar-refractivity contribution in [2.75, 3.05) is 7.11 Å². The number of unbranched alkanes of at least 4 members (excludes halogenated alkanes) is 17. The summed E-state index contributed by atoms with van der Waals surface area (Å²) in [6.45, 7) is 4.53. The molecule has 0 aliphatic carbocycles. The van der Waals surface area contributed by atoms with Gasteiger partial charge in [0.15, 0.2) is 0 Å². The Labute approximate surface area is 200 Å². The van der Waals surface area contributed by atoms with Gasteiger partial charge in [-0.15, -0.1) is 0 Å². The molecule has 0 heterocycles. The zero-order valence-electron chi connectivity index (χ0n) is 22.1. The molecule has 0 aliphatic heterocycles. The van der Waals surface area contributed by atoms with E-state index in [1.54, 1.807) is 0 Å². The normalized spacial score (nSPS) is 12.1. The summed E-state index contributed by atoms with van der Waals surface area (Å²) in [6, 6.07) is 0. The standard InChI is InChI=1S/C29H56O3/c1-4-5-6-7-8-9-10-11-12-13-14-17-20-23-27(2)26-28(30)24-21-18-15-16-19-22-25-29(31)32-3/h27H,4-26H2,1-3H3/t27-/m0/s1. The lowest BCUT2D eigenvalue weighted by Gasteiger charge is -2.10. The maximum atomic E-state index is 12.2. The molecule has 0 aliphatic rings. The van der Waals surface area contributed by atoms with E-state index in [0.717, 1.165) is 44.9 Å². The van der Waals surface area contributed by atoms with Crippen molar-refractivity contribution >= 4 is 11.8 Å². The first-order valence-electron chi connectivity index (χ1n) is 14.2. The number of hydrogen-bond donors (Lipinski definition) is 0. The summed E-state index contributed by atoms with van der Waals surface area (Å²) in [7, 11) is 1.44. The molecule has 0 unspecified atom stereocenters. The van der Waals surface area contributed by atoms with Crippen LogP contribution in [0.5, 0.6) is 0 Å². The molecule has 0 bridgehead atoms. The Bertz CT molecular complexity index is 419. The molecule has 0 aromatic heterocycles. The highest BCUT2D eigenvalue weighted by Gasteiger charge is 2.09. The highest BCUT2D eigenvalue weighted by molar-refractivity contribution is 5.78. The van der Waals surface area contributed by atoms with Gasteiger partial charge >= 0.3 is 5.97 Å². The molecule has 3 nitrogen and oxygen atoms in total. The molecule has 0 fully saturated rings. The molecule has 0 amide bonds. The van der Waals surface area contributed by atoms with E-state index < -0.39 is 0 Å². The molecular formula is C29H56O3. The summed E-state index contributed by atoms with van der Waals surface area (Å²) in [4.78, 5) is 23.2. The first kappa shape index (κ1) is 31.1. The van der Waals surface area contributed by atoms with Gasteiger partial charge in [0, 0.05) is 19.3 Å². The fraction of sp³-hybridized carbons (Fsp3) is 0.931. The Morgan fingerprint density at radius 1 is 0.594 bits per heavy atom. The van der Waals surface area contributed by atoms with E-state index in [2.05, 4.69) is 18.6 Å². The Morgan fingerprint density at radius 3 is 1.47 bits per heavy atom. The molecule has 0 aromatic rings. The highest BCUT2D eigenvalue weighted by atomic mass is 16.5. The van der Waals surface area contributed by atoms with Crippen molar-refractivity contribution in [3.63, 3.8) is 0 Å². The summed E-state index contributed by atoms with van der Waals surface area (Å²) in [6.07, 6.45) is 27.9. The topological polar surface area (TPSA) is 43.4 Å². The molecule has 0 spiro atoms. The van der Waals surface area contributed by atoms with Gasteiger partial charge < -0.3 is 4.74 Å². The minimum atomic E-state index is -0.108. The fourth-order valence-corrected chi connectivity index (χ4v) is 4.50. The third kappa shape index (κ3) is 23.8. The van der Waals surface area contributed by atoms with Crippen molar-refractivity contribution in [1.82, 2.24) is 0 Å². The van der Waals surface area contributed by atoms with Crippen LogP contribution in [0.2, 0.25) is 0 Å². The van der Waals surface area contributed by atoms with Crippen LogP contribution in [0.15, 0.2) is 0 Å². The fourth-order valence-electron chi connectivity index (χ4n) is 4.50. The number of esters is 1. The van der Waals surface area contributed by atoms with E-state index in [4.69, 9.17) is 0 Å². The van der Waals surface area contributed by atoms with Crippen LogP contribution >= 0.6 is 0 Å². The first-order valence-corrected chi connectivity index (χ1v) is 14.2. The van der Waals surface area contributed by atoms with Crippen LogP contribution < -0.4 is 0 Å². The van der Waals surface area contributed by atoms with Crippen molar-refractivity contribution < 1.29 is 14.3 Å². The van der Waals surface area contributed by atoms with E-state index >= 15 is 0 Å². The van der Waals surface area contributed by atoms with Crippen molar-refractivity contribution in [1.29, 1.82) is 0 Å².